The van der Waals surface area contributed by atoms with Crippen LogP contribution < -0.4 is 5.32 Å². The molecule has 3 rings (SSSR count). The molecule has 0 unspecified atom stereocenters. The summed E-state index contributed by atoms with van der Waals surface area (Å²) in [5, 5.41) is 7.56. The summed E-state index contributed by atoms with van der Waals surface area (Å²) in [7, 11) is 1.70. The Bertz CT molecular complexity index is 753. The molecule has 0 spiro atoms. The summed E-state index contributed by atoms with van der Waals surface area (Å²) in [4.78, 5) is 8.44. The fourth-order valence-electron chi connectivity index (χ4n) is 2.25. The van der Waals surface area contributed by atoms with Gasteiger partial charge in [-0.1, -0.05) is 24.3 Å². The van der Waals surface area contributed by atoms with Crippen molar-refractivity contribution in [2.45, 2.75) is 20.1 Å². The molecule has 6 heteroatoms. The number of fused-ring (bicyclic) bond motifs is 1. The summed E-state index contributed by atoms with van der Waals surface area (Å²) >= 11 is 0. The minimum Gasteiger partial charge on any atom is -0.380 e. The third-order valence-corrected chi connectivity index (χ3v) is 3.16. The number of benzene rings is 1. The van der Waals surface area contributed by atoms with E-state index in [2.05, 4.69) is 38.6 Å². The van der Waals surface area contributed by atoms with Crippen molar-refractivity contribution >= 4 is 11.6 Å². The van der Waals surface area contributed by atoms with Gasteiger partial charge < -0.3 is 10.1 Å². The van der Waals surface area contributed by atoms with E-state index in [0.717, 1.165) is 17.1 Å². The van der Waals surface area contributed by atoms with Crippen molar-refractivity contribution in [1.82, 2.24) is 19.6 Å². The minimum absolute atomic E-state index is 0.602. The molecule has 2 aromatic heterocycles. The molecule has 1 N–H and O–H groups in total. The Hall–Kier alpha value is -2.47. The Morgan fingerprint density at radius 3 is 2.95 bits per heavy atom. The minimum atomic E-state index is 0.602. The van der Waals surface area contributed by atoms with Gasteiger partial charge in [-0.15, -0.1) is 0 Å². The second-order valence-electron chi connectivity index (χ2n) is 4.86. The molecule has 108 valence electrons. The van der Waals surface area contributed by atoms with E-state index < -0.39 is 0 Å². The molecule has 1 aromatic carbocycles. The lowest BCUT2D eigenvalue weighted by Gasteiger charge is -2.09. The van der Waals surface area contributed by atoms with Crippen molar-refractivity contribution < 1.29 is 4.74 Å². The zero-order valence-electron chi connectivity index (χ0n) is 12.1. The standard InChI is InChI=1S/C15H17N5O/c1-11-6-14(20-15(19-11)17-10-18-20)16-8-12-4-3-5-13(7-12)9-21-2/h3-7,10,16H,8-9H2,1-2H3. The highest BCUT2D eigenvalue weighted by molar-refractivity contribution is 5.45. The van der Waals surface area contributed by atoms with E-state index in [4.69, 9.17) is 4.74 Å². The fraction of sp³-hybridized carbons (Fsp3) is 0.267. The van der Waals surface area contributed by atoms with Crippen molar-refractivity contribution in [1.29, 1.82) is 0 Å². The molecule has 0 saturated heterocycles. The van der Waals surface area contributed by atoms with Crippen LogP contribution in [-0.4, -0.2) is 26.7 Å². The van der Waals surface area contributed by atoms with E-state index in [-0.39, 0.29) is 0 Å². The third-order valence-electron chi connectivity index (χ3n) is 3.16. The van der Waals surface area contributed by atoms with Crippen molar-refractivity contribution in [2.75, 3.05) is 12.4 Å². The van der Waals surface area contributed by atoms with Gasteiger partial charge >= 0.3 is 0 Å². The van der Waals surface area contributed by atoms with Gasteiger partial charge in [0.2, 0.25) is 0 Å². The molecule has 3 aromatic rings. The van der Waals surface area contributed by atoms with Gasteiger partial charge in [0.05, 0.1) is 6.61 Å². The maximum atomic E-state index is 5.16. The second kappa shape index (κ2) is 5.88. The summed E-state index contributed by atoms with van der Waals surface area (Å²) in [6, 6.07) is 10.3. The molecule has 0 saturated carbocycles. The van der Waals surface area contributed by atoms with Crippen LogP contribution in [0, 0.1) is 6.92 Å². The van der Waals surface area contributed by atoms with E-state index >= 15 is 0 Å². The molecule has 0 fully saturated rings. The number of ether oxygens (including phenoxy) is 1. The van der Waals surface area contributed by atoms with Gasteiger partial charge in [0.15, 0.2) is 0 Å². The van der Waals surface area contributed by atoms with E-state index in [0.29, 0.717) is 18.9 Å². The molecule has 0 amide bonds. The normalized spacial score (nSPS) is 11.0. The van der Waals surface area contributed by atoms with Crippen LogP contribution in [-0.2, 0) is 17.9 Å². The number of nitrogens with zero attached hydrogens (tertiary/aromatic N) is 4. The van der Waals surface area contributed by atoms with Crippen LogP contribution in [0.15, 0.2) is 36.7 Å². The predicted octanol–water partition coefficient (Wildman–Crippen LogP) is 2.19. The largest absolute Gasteiger partial charge is 0.380 e. The number of nitrogens with one attached hydrogen (secondary N) is 1. The van der Waals surface area contributed by atoms with Crippen molar-refractivity contribution in [3.05, 3.63) is 53.5 Å². The van der Waals surface area contributed by atoms with Crippen molar-refractivity contribution in [3.63, 3.8) is 0 Å². The Morgan fingerprint density at radius 1 is 1.24 bits per heavy atom. The fourth-order valence-corrected chi connectivity index (χ4v) is 2.25. The zero-order chi connectivity index (χ0) is 14.7. The van der Waals surface area contributed by atoms with E-state index in [9.17, 15) is 0 Å². The van der Waals surface area contributed by atoms with Crippen LogP contribution in [0.25, 0.3) is 5.78 Å². The molecule has 0 atom stereocenters. The Kier molecular flexibility index (Phi) is 3.79. The molecule has 0 aliphatic rings. The molecule has 6 nitrogen and oxygen atoms in total. The molecule has 0 aliphatic carbocycles. The number of hydrogen-bond acceptors (Lipinski definition) is 5. The number of aryl methyl sites for hydroxylation is 1. The number of aromatic nitrogens is 4. The van der Waals surface area contributed by atoms with Gasteiger partial charge in [-0.3, -0.25) is 0 Å². The van der Waals surface area contributed by atoms with Crippen LogP contribution in [0.1, 0.15) is 16.8 Å². The maximum absolute atomic E-state index is 5.16. The first-order valence-corrected chi connectivity index (χ1v) is 6.74. The first kappa shape index (κ1) is 13.5. The molecule has 0 bridgehead atoms. The number of hydrogen-bond donors (Lipinski definition) is 1. The molecule has 0 radical (unpaired) electrons. The number of anilines is 1. The maximum Gasteiger partial charge on any atom is 0.254 e. The highest BCUT2D eigenvalue weighted by Gasteiger charge is 2.05. The highest BCUT2D eigenvalue weighted by Crippen LogP contribution is 2.13. The first-order valence-electron chi connectivity index (χ1n) is 6.74. The Labute approximate surface area is 122 Å². The first-order chi connectivity index (χ1) is 10.3. The van der Waals surface area contributed by atoms with Crippen LogP contribution >= 0.6 is 0 Å². The topological polar surface area (TPSA) is 64.3 Å². The SMILES string of the molecule is COCc1cccc(CNc2cc(C)nc3ncnn23)c1. The Balaban J connectivity index is 1.80. The lowest BCUT2D eigenvalue weighted by Crippen LogP contribution is -2.07. The molecule has 0 aliphatic heterocycles. The molecular weight excluding hydrogens is 266 g/mol. The van der Waals surface area contributed by atoms with E-state index in [1.54, 1.807) is 11.6 Å². The average molecular weight is 283 g/mol. The summed E-state index contributed by atoms with van der Waals surface area (Å²) in [5.74, 6) is 1.48. The van der Waals surface area contributed by atoms with Crippen LogP contribution in [0.4, 0.5) is 5.82 Å². The molecule has 21 heavy (non-hydrogen) atoms. The summed E-state index contributed by atoms with van der Waals surface area (Å²) < 4.78 is 6.86. The van der Waals surface area contributed by atoms with Crippen LogP contribution in [0.3, 0.4) is 0 Å². The second-order valence-corrected chi connectivity index (χ2v) is 4.86. The van der Waals surface area contributed by atoms with Crippen LogP contribution in [0.2, 0.25) is 0 Å². The van der Waals surface area contributed by atoms with Gasteiger partial charge in [0.1, 0.15) is 12.1 Å². The Morgan fingerprint density at radius 2 is 2.10 bits per heavy atom. The highest BCUT2D eigenvalue weighted by atomic mass is 16.5. The number of rotatable bonds is 5. The van der Waals surface area contributed by atoms with Gasteiger partial charge in [-0.05, 0) is 18.1 Å². The quantitative estimate of drug-likeness (QED) is 0.777. The average Bonchev–Trinajstić information content (AvgIpc) is 2.93. The van der Waals surface area contributed by atoms with Gasteiger partial charge in [-0.2, -0.15) is 14.6 Å². The predicted molar refractivity (Wildman–Crippen MR) is 80.0 cm³/mol. The third kappa shape index (κ3) is 3.00. The molecular formula is C15H17N5O. The lowest BCUT2D eigenvalue weighted by atomic mass is 10.1. The zero-order valence-corrected chi connectivity index (χ0v) is 12.1. The summed E-state index contributed by atoms with van der Waals surface area (Å²) in [5.41, 5.74) is 3.26. The lowest BCUT2D eigenvalue weighted by molar-refractivity contribution is 0.185. The van der Waals surface area contributed by atoms with Gasteiger partial charge in [-0.25, -0.2) is 4.98 Å². The van der Waals surface area contributed by atoms with Gasteiger partial charge in [0, 0.05) is 25.4 Å². The molecule has 2 heterocycles. The monoisotopic (exact) mass is 283 g/mol. The van der Waals surface area contributed by atoms with Crippen LogP contribution in [0.5, 0.6) is 0 Å². The van der Waals surface area contributed by atoms with Crippen molar-refractivity contribution in [3.8, 4) is 0 Å². The van der Waals surface area contributed by atoms with E-state index in [1.165, 1.54) is 11.9 Å². The number of methoxy groups -OCH3 is 1. The smallest absolute Gasteiger partial charge is 0.254 e. The van der Waals surface area contributed by atoms with Crippen molar-refractivity contribution in [2.24, 2.45) is 0 Å². The summed E-state index contributed by atoms with van der Waals surface area (Å²) in [6.45, 7) is 3.27. The van der Waals surface area contributed by atoms with E-state index in [1.807, 2.05) is 19.1 Å². The summed E-state index contributed by atoms with van der Waals surface area (Å²) in [6.07, 6.45) is 1.51. The van der Waals surface area contributed by atoms with Gasteiger partial charge in [0.25, 0.3) is 5.78 Å².